The number of anilines is 1. The Labute approximate surface area is 90.9 Å². The molecule has 0 spiro atoms. The van der Waals surface area contributed by atoms with E-state index in [0.29, 0.717) is 11.1 Å². The van der Waals surface area contributed by atoms with Gasteiger partial charge in [-0.1, -0.05) is 27.2 Å². The number of rotatable bonds is 4. The Balaban J connectivity index is 2.66. The van der Waals surface area contributed by atoms with E-state index in [1.54, 1.807) is 12.4 Å². The van der Waals surface area contributed by atoms with E-state index >= 15 is 0 Å². The van der Waals surface area contributed by atoms with Crippen molar-refractivity contribution in [3.05, 3.63) is 28.7 Å². The molecule has 3 nitrogen and oxygen atoms in total. The highest BCUT2D eigenvalue weighted by Gasteiger charge is 2.14. The molecule has 0 aliphatic rings. The maximum Gasteiger partial charge on any atom is 0.204 e. The molecular weight excluding hydrogens is 188 g/mol. The van der Waals surface area contributed by atoms with Gasteiger partial charge in [0.05, 0.1) is 5.69 Å². The number of aromatic nitrogens is 1. The van der Waals surface area contributed by atoms with Crippen molar-refractivity contribution in [1.29, 1.82) is 0 Å². The van der Waals surface area contributed by atoms with E-state index in [1.807, 2.05) is 4.57 Å². The zero-order chi connectivity index (χ0) is 11.5. The molecule has 0 unspecified atom stereocenters. The summed E-state index contributed by atoms with van der Waals surface area (Å²) in [5.41, 5.74) is 6.13. The van der Waals surface area contributed by atoms with Gasteiger partial charge in [0.2, 0.25) is 5.43 Å². The van der Waals surface area contributed by atoms with Gasteiger partial charge in [-0.3, -0.25) is 4.79 Å². The molecule has 3 heteroatoms. The molecular formula is C12H20N2O. The normalized spacial score (nSPS) is 11.7. The number of pyridine rings is 1. The third kappa shape index (κ3) is 3.42. The van der Waals surface area contributed by atoms with Crippen molar-refractivity contribution in [2.24, 2.45) is 5.41 Å². The van der Waals surface area contributed by atoms with Gasteiger partial charge in [0, 0.05) is 25.0 Å². The van der Waals surface area contributed by atoms with Crippen molar-refractivity contribution in [2.45, 2.75) is 40.2 Å². The third-order valence-electron chi connectivity index (χ3n) is 3.01. The first kappa shape index (κ1) is 11.8. The van der Waals surface area contributed by atoms with Gasteiger partial charge < -0.3 is 10.3 Å². The van der Waals surface area contributed by atoms with E-state index in [9.17, 15) is 4.79 Å². The van der Waals surface area contributed by atoms with Crippen LogP contribution in [0.1, 0.15) is 33.6 Å². The molecule has 0 bridgehead atoms. The van der Waals surface area contributed by atoms with Gasteiger partial charge >= 0.3 is 0 Å². The highest BCUT2D eigenvalue weighted by Crippen LogP contribution is 2.24. The monoisotopic (exact) mass is 208 g/mol. The molecule has 0 saturated heterocycles. The molecule has 15 heavy (non-hydrogen) atoms. The number of aryl methyl sites for hydroxylation is 1. The fourth-order valence-electron chi connectivity index (χ4n) is 1.29. The van der Waals surface area contributed by atoms with Crippen molar-refractivity contribution >= 4 is 5.69 Å². The number of hydrogen-bond donors (Lipinski definition) is 1. The van der Waals surface area contributed by atoms with Crippen LogP contribution >= 0.6 is 0 Å². The molecule has 0 aromatic carbocycles. The van der Waals surface area contributed by atoms with Crippen LogP contribution in [0.4, 0.5) is 5.69 Å². The first-order valence-electron chi connectivity index (χ1n) is 5.40. The number of hydrogen-bond acceptors (Lipinski definition) is 2. The molecule has 1 heterocycles. The van der Waals surface area contributed by atoms with E-state index in [-0.39, 0.29) is 5.43 Å². The Hall–Kier alpha value is -1.25. The summed E-state index contributed by atoms with van der Waals surface area (Å²) in [7, 11) is 0. The average molecular weight is 208 g/mol. The lowest BCUT2D eigenvalue weighted by atomic mass is 9.86. The summed E-state index contributed by atoms with van der Waals surface area (Å²) in [5.74, 6) is 0. The summed E-state index contributed by atoms with van der Waals surface area (Å²) in [6.45, 7) is 7.60. The van der Waals surface area contributed by atoms with E-state index in [4.69, 9.17) is 5.73 Å². The first-order valence-corrected chi connectivity index (χ1v) is 5.40. The zero-order valence-electron chi connectivity index (χ0n) is 9.79. The summed E-state index contributed by atoms with van der Waals surface area (Å²) < 4.78 is 1.98. The van der Waals surface area contributed by atoms with Gasteiger partial charge in [-0.25, -0.2) is 0 Å². The number of nitrogen functional groups attached to an aromatic ring is 1. The molecule has 0 aliphatic carbocycles. The van der Waals surface area contributed by atoms with Crippen LogP contribution in [0.25, 0.3) is 0 Å². The molecule has 0 radical (unpaired) electrons. The van der Waals surface area contributed by atoms with Crippen molar-refractivity contribution < 1.29 is 0 Å². The summed E-state index contributed by atoms with van der Waals surface area (Å²) >= 11 is 0. The average Bonchev–Trinajstić information content (AvgIpc) is 2.20. The van der Waals surface area contributed by atoms with Gasteiger partial charge in [0.15, 0.2) is 0 Å². The molecule has 0 atom stereocenters. The lowest BCUT2D eigenvalue weighted by molar-refractivity contribution is 0.301. The van der Waals surface area contributed by atoms with Gasteiger partial charge in [-0.2, -0.15) is 0 Å². The Morgan fingerprint density at radius 3 is 2.67 bits per heavy atom. The molecule has 84 valence electrons. The fraction of sp³-hybridized carbons (Fsp3) is 0.583. The van der Waals surface area contributed by atoms with Crippen molar-refractivity contribution in [2.75, 3.05) is 5.73 Å². The highest BCUT2D eigenvalue weighted by molar-refractivity contribution is 5.33. The maximum atomic E-state index is 11.1. The quantitative estimate of drug-likeness (QED) is 0.825. The minimum absolute atomic E-state index is 0.0963. The topological polar surface area (TPSA) is 48.0 Å². The second kappa shape index (κ2) is 4.51. The first-order chi connectivity index (χ1) is 6.94. The molecule has 0 amide bonds. The standard InChI is InChI=1S/C12H20N2O/c1-4-12(2,3)6-8-14-7-5-11(15)10(13)9-14/h5,7,9H,4,6,8,13H2,1-3H3. The second-order valence-corrected chi connectivity index (χ2v) is 4.77. The van der Waals surface area contributed by atoms with E-state index in [2.05, 4.69) is 20.8 Å². The van der Waals surface area contributed by atoms with Crippen molar-refractivity contribution in [3.8, 4) is 0 Å². The minimum Gasteiger partial charge on any atom is -0.394 e. The Bertz CT molecular complexity index is 379. The SMILES string of the molecule is CCC(C)(C)CCn1ccc(=O)c(N)c1. The molecule has 0 aliphatic heterocycles. The largest absolute Gasteiger partial charge is 0.394 e. The molecule has 1 aromatic rings. The van der Waals surface area contributed by atoms with E-state index in [1.165, 1.54) is 6.07 Å². The van der Waals surface area contributed by atoms with Crippen molar-refractivity contribution in [1.82, 2.24) is 4.57 Å². The summed E-state index contributed by atoms with van der Waals surface area (Å²) in [5, 5.41) is 0. The van der Waals surface area contributed by atoms with Crippen LogP contribution in [0.15, 0.2) is 23.3 Å². The van der Waals surface area contributed by atoms with Gasteiger partial charge in [-0.05, 0) is 11.8 Å². The molecule has 1 aromatic heterocycles. The highest BCUT2D eigenvalue weighted by atomic mass is 16.1. The molecule has 1 rings (SSSR count). The fourth-order valence-corrected chi connectivity index (χ4v) is 1.29. The van der Waals surface area contributed by atoms with Crippen LogP contribution in [-0.4, -0.2) is 4.57 Å². The van der Waals surface area contributed by atoms with Crippen LogP contribution in [0.3, 0.4) is 0 Å². The molecule has 0 saturated carbocycles. The molecule has 0 fully saturated rings. The Kier molecular flexibility index (Phi) is 3.56. The third-order valence-corrected chi connectivity index (χ3v) is 3.01. The predicted molar refractivity (Wildman–Crippen MR) is 63.8 cm³/mol. The maximum absolute atomic E-state index is 11.1. The van der Waals surface area contributed by atoms with Crippen LogP contribution in [0.2, 0.25) is 0 Å². The minimum atomic E-state index is -0.0963. The van der Waals surface area contributed by atoms with Gasteiger partial charge in [0.25, 0.3) is 0 Å². The molecule has 2 N–H and O–H groups in total. The summed E-state index contributed by atoms with van der Waals surface area (Å²) in [6.07, 6.45) is 5.76. The van der Waals surface area contributed by atoms with Crippen LogP contribution in [0.5, 0.6) is 0 Å². The Morgan fingerprint density at radius 2 is 2.13 bits per heavy atom. The Morgan fingerprint density at radius 1 is 1.47 bits per heavy atom. The zero-order valence-corrected chi connectivity index (χ0v) is 9.79. The van der Waals surface area contributed by atoms with E-state index < -0.39 is 0 Å². The van der Waals surface area contributed by atoms with Crippen LogP contribution in [0, 0.1) is 5.41 Å². The van der Waals surface area contributed by atoms with Gasteiger partial charge in [0.1, 0.15) is 0 Å². The number of nitrogens with zero attached hydrogens (tertiary/aromatic N) is 1. The number of nitrogens with two attached hydrogens (primary N) is 1. The van der Waals surface area contributed by atoms with E-state index in [0.717, 1.165) is 19.4 Å². The summed E-state index contributed by atoms with van der Waals surface area (Å²) in [4.78, 5) is 11.1. The lowest BCUT2D eigenvalue weighted by Crippen LogP contribution is -2.16. The second-order valence-electron chi connectivity index (χ2n) is 4.77. The predicted octanol–water partition coefficient (Wildman–Crippen LogP) is 2.26. The smallest absolute Gasteiger partial charge is 0.204 e. The van der Waals surface area contributed by atoms with Crippen LogP contribution in [-0.2, 0) is 6.54 Å². The summed E-state index contributed by atoms with van der Waals surface area (Å²) in [6, 6.07) is 1.52. The lowest BCUT2D eigenvalue weighted by Gasteiger charge is -2.23. The van der Waals surface area contributed by atoms with Crippen LogP contribution < -0.4 is 11.2 Å². The van der Waals surface area contributed by atoms with Crippen molar-refractivity contribution in [3.63, 3.8) is 0 Å². The van der Waals surface area contributed by atoms with Gasteiger partial charge in [-0.15, -0.1) is 0 Å².